The minimum absolute atomic E-state index is 0.0248. The molecule has 1 heterocycles. The molecule has 2 amide bonds. The van der Waals surface area contributed by atoms with Crippen molar-refractivity contribution < 1.29 is 14.3 Å². The molecule has 2 N–H and O–H groups in total. The molecular weight excluding hydrogens is 328 g/mol. The number of benzene rings is 1. The van der Waals surface area contributed by atoms with Gasteiger partial charge in [-0.15, -0.1) is 11.6 Å². The Morgan fingerprint density at radius 1 is 1.25 bits per heavy atom. The fourth-order valence-electron chi connectivity index (χ4n) is 2.60. The van der Waals surface area contributed by atoms with Gasteiger partial charge in [-0.1, -0.05) is 45.0 Å². The molecule has 5 nitrogen and oxygen atoms in total. The molecule has 0 spiro atoms. The lowest BCUT2D eigenvalue weighted by atomic mass is 9.85. The molecule has 1 aromatic carbocycles. The Bertz CT molecular complexity index is 660. The molecule has 0 radical (unpaired) electrons. The summed E-state index contributed by atoms with van der Waals surface area (Å²) in [6.07, 6.45) is 0. The average molecular weight is 351 g/mol. The second-order valence-electron chi connectivity index (χ2n) is 6.65. The van der Waals surface area contributed by atoms with Crippen molar-refractivity contribution in [2.75, 3.05) is 12.5 Å². The van der Waals surface area contributed by atoms with Crippen LogP contribution in [0.15, 0.2) is 35.5 Å². The molecule has 0 aromatic heterocycles. The highest BCUT2D eigenvalue weighted by molar-refractivity contribution is 6.20. The number of halogens is 1. The number of carbonyl (C=O) groups excluding carboxylic acids is 2. The van der Waals surface area contributed by atoms with Gasteiger partial charge in [0, 0.05) is 5.70 Å². The number of ether oxygens (including phenoxy) is 1. The normalized spacial score (nSPS) is 18.0. The summed E-state index contributed by atoms with van der Waals surface area (Å²) in [7, 11) is 0. The van der Waals surface area contributed by atoms with Gasteiger partial charge < -0.3 is 15.4 Å². The van der Waals surface area contributed by atoms with Crippen LogP contribution >= 0.6 is 11.6 Å². The Kier molecular flexibility index (Phi) is 5.54. The van der Waals surface area contributed by atoms with Gasteiger partial charge in [0.15, 0.2) is 0 Å². The van der Waals surface area contributed by atoms with Gasteiger partial charge in [-0.05, 0) is 23.5 Å². The number of hydrogen-bond donors (Lipinski definition) is 2. The van der Waals surface area contributed by atoms with Crippen molar-refractivity contribution in [2.45, 2.75) is 39.2 Å². The van der Waals surface area contributed by atoms with Gasteiger partial charge in [-0.3, -0.25) is 0 Å². The predicted octanol–water partition coefficient (Wildman–Crippen LogP) is 3.39. The van der Waals surface area contributed by atoms with Crippen molar-refractivity contribution in [2.24, 2.45) is 0 Å². The standard InChI is InChI=1S/C18H23ClN2O3/c1-5-24-16(22)14-13(10-19)20-17(23)21-15(14)11-6-8-12(9-7-11)18(2,3)4/h6-9,15H,5,10H2,1-4H3,(H2,20,21,23)/t15-/m0/s1. The smallest absolute Gasteiger partial charge is 0.338 e. The van der Waals surface area contributed by atoms with Crippen molar-refractivity contribution in [3.8, 4) is 0 Å². The van der Waals surface area contributed by atoms with Crippen molar-refractivity contribution in [1.82, 2.24) is 10.6 Å². The maximum absolute atomic E-state index is 12.4. The van der Waals surface area contributed by atoms with Crippen LogP contribution in [0.2, 0.25) is 0 Å². The van der Waals surface area contributed by atoms with Gasteiger partial charge >= 0.3 is 12.0 Å². The summed E-state index contributed by atoms with van der Waals surface area (Å²) in [5.41, 5.74) is 2.73. The van der Waals surface area contributed by atoms with E-state index in [1.54, 1.807) is 6.92 Å². The zero-order valence-electron chi connectivity index (χ0n) is 14.4. The summed E-state index contributed by atoms with van der Waals surface area (Å²) in [5.74, 6) is -0.455. The number of carbonyl (C=O) groups is 2. The molecule has 24 heavy (non-hydrogen) atoms. The predicted molar refractivity (Wildman–Crippen MR) is 93.9 cm³/mol. The van der Waals surface area contributed by atoms with Crippen LogP contribution in [0.5, 0.6) is 0 Å². The van der Waals surface area contributed by atoms with E-state index in [4.69, 9.17) is 16.3 Å². The van der Waals surface area contributed by atoms with Gasteiger partial charge in [0.25, 0.3) is 0 Å². The number of hydrogen-bond acceptors (Lipinski definition) is 3. The van der Waals surface area contributed by atoms with Crippen LogP contribution < -0.4 is 10.6 Å². The van der Waals surface area contributed by atoms with E-state index in [2.05, 4.69) is 31.4 Å². The molecule has 1 aliphatic rings. The SMILES string of the molecule is CCOC(=O)C1=C(CCl)NC(=O)N[C@H]1c1ccc(C(C)(C)C)cc1. The second-order valence-corrected chi connectivity index (χ2v) is 6.92. The number of rotatable bonds is 4. The quantitative estimate of drug-likeness (QED) is 0.646. The number of allylic oxidation sites excluding steroid dienone is 1. The summed E-state index contributed by atoms with van der Waals surface area (Å²) >= 11 is 5.91. The van der Waals surface area contributed by atoms with E-state index >= 15 is 0 Å². The van der Waals surface area contributed by atoms with Crippen LogP contribution in [0, 0.1) is 0 Å². The molecular formula is C18H23ClN2O3. The molecule has 0 unspecified atom stereocenters. The fraction of sp³-hybridized carbons (Fsp3) is 0.444. The van der Waals surface area contributed by atoms with E-state index in [1.807, 2.05) is 24.3 Å². The fourth-order valence-corrected chi connectivity index (χ4v) is 2.81. The van der Waals surface area contributed by atoms with E-state index in [-0.39, 0.29) is 23.9 Å². The molecule has 0 aliphatic carbocycles. The van der Waals surface area contributed by atoms with Crippen LogP contribution in [-0.2, 0) is 14.9 Å². The van der Waals surface area contributed by atoms with Crippen LogP contribution in [-0.4, -0.2) is 24.5 Å². The average Bonchev–Trinajstić information content (AvgIpc) is 2.53. The highest BCUT2D eigenvalue weighted by Crippen LogP contribution is 2.30. The van der Waals surface area contributed by atoms with Crippen molar-refractivity contribution in [3.05, 3.63) is 46.7 Å². The zero-order chi connectivity index (χ0) is 17.9. The van der Waals surface area contributed by atoms with Gasteiger partial charge in [0.1, 0.15) is 0 Å². The van der Waals surface area contributed by atoms with E-state index < -0.39 is 12.0 Å². The molecule has 0 fully saturated rings. The molecule has 0 saturated heterocycles. The van der Waals surface area contributed by atoms with Crippen molar-refractivity contribution >= 4 is 23.6 Å². The Labute approximate surface area is 147 Å². The summed E-state index contributed by atoms with van der Waals surface area (Å²) < 4.78 is 5.13. The zero-order valence-corrected chi connectivity index (χ0v) is 15.2. The molecule has 1 aromatic rings. The first kappa shape index (κ1) is 18.3. The van der Waals surface area contributed by atoms with Gasteiger partial charge in [-0.2, -0.15) is 0 Å². The molecule has 6 heteroatoms. The summed E-state index contributed by atoms with van der Waals surface area (Å²) in [6, 6.07) is 6.88. The van der Waals surface area contributed by atoms with Gasteiger partial charge in [-0.25, -0.2) is 9.59 Å². The van der Waals surface area contributed by atoms with Crippen molar-refractivity contribution in [1.29, 1.82) is 0 Å². The van der Waals surface area contributed by atoms with E-state index in [9.17, 15) is 9.59 Å². The Morgan fingerprint density at radius 3 is 2.38 bits per heavy atom. The van der Waals surface area contributed by atoms with Gasteiger partial charge in [0.05, 0.1) is 24.1 Å². The third-order valence-corrected chi connectivity index (χ3v) is 4.16. The third-order valence-electron chi connectivity index (χ3n) is 3.89. The van der Waals surface area contributed by atoms with Crippen LogP contribution in [0.1, 0.15) is 44.9 Å². The number of urea groups is 1. The lowest BCUT2D eigenvalue weighted by Crippen LogP contribution is -2.46. The number of amides is 2. The lowest BCUT2D eigenvalue weighted by Gasteiger charge is -2.29. The molecule has 1 atom stereocenters. The molecule has 2 rings (SSSR count). The molecule has 130 valence electrons. The first-order chi connectivity index (χ1) is 11.3. The lowest BCUT2D eigenvalue weighted by molar-refractivity contribution is -0.139. The van der Waals surface area contributed by atoms with E-state index in [1.165, 1.54) is 5.56 Å². The van der Waals surface area contributed by atoms with Crippen LogP contribution in [0.25, 0.3) is 0 Å². The first-order valence-corrected chi connectivity index (χ1v) is 8.45. The molecule has 0 bridgehead atoms. The van der Waals surface area contributed by atoms with Crippen LogP contribution in [0.3, 0.4) is 0 Å². The Hall–Kier alpha value is -2.01. The van der Waals surface area contributed by atoms with Crippen LogP contribution in [0.4, 0.5) is 4.79 Å². The Balaban J connectivity index is 2.44. The first-order valence-electron chi connectivity index (χ1n) is 7.92. The third kappa shape index (κ3) is 3.90. The Morgan fingerprint density at radius 2 is 1.88 bits per heavy atom. The summed E-state index contributed by atoms with van der Waals surface area (Å²) in [4.78, 5) is 24.3. The topological polar surface area (TPSA) is 67.4 Å². The summed E-state index contributed by atoms with van der Waals surface area (Å²) in [5, 5.41) is 5.36. The molecule has 1 aliphatic heterocycles. The monoisotopic (exact) mass is 350 g/mol. The van der Waals surface area contributed by atoms with E-state index in [0.717, 1.165) is 5.56 Å². The molecule has 0 saturated carbocycles. The number of nitrogens with one attached hydrogen (secondary N) is 2. The number of alkyl halides is 1. The summed E-state index contributed by atoms with van der Waals surface area (Å²) in [6.45, 7) is 8.37. The largest absolute Gasteiger partial charge is 0.463 e. The maximum Gasteiger partial charge on any atom is 0.338 e. The minimum Gasteiger partial charge on any atom is -0.463 e. The second kappa shape index (κ2) is 7.26. The maximum atomic E-state index is 12.4. The minimum atomic E-state index is -0.583. The van der Waals surface area contributed by atoms with Gasteiger partial charge in [0.2, 0.25) is 0 Å². The highest BCUT2D eigenvalue weighted by atomic mass is 35.5. The number of esters is 1. The van der Waals surface area contributed by atoms with E-state index in [0.29, 0.717) is 11.3 Å². The van der Waals surface area contributed by atoms with Crippen molar-refractivity contribution in [3.63, 3.8) is 0 Å². The highest BCUT2D eigenvalue weighted by Gasteiger charge is 2.33.